The Morgan fingerprint density at radius 3 is 2.80 bits per heavy atom. The molecule has 0 amide bonds. The summed E-state index contributed by atoms with van der Waals surface area (Å²) in [6.07, 6.45) is 2.08. The molecule has 76 valence electrons. The third-order valence-electron chi connectivity index (χ3n) is 2.10. The fraction of sp³-hybridized carbons (Fsp3) is 0.0909. The summed E-state index contributed by atoms with van der Waals surface area (Å²) >= 11 is 0. The molecular weight excluding hydrogens is 197 g/mol. The standard InChI is InChI=1S/C11H8FNO2/c1-7-9(6-14)4-10(15-7)8-2-3-11(12)13-5-8/h2-6H,1H3. The van der Waals surface area contributed by atoms with Crippen molar-refractivity contribution in [3.05, 3.63) is 41.7 Å². The number of aldehydes is 1. The molecule has 4 heteroatoms. The molecule has 0 fully saturated rings. The van der Waals surface area contributed by atoms with Gasteiger partial charge in [0.15, 0.2) is 6.29 Å². The van der Waals surface area contributed by atoms with E-state index in [9.17, 15) is 9.18 Å². The summed E-state index contributed by atoms with van der Waals surface area (Å²) in [5, 5.41) is 0. The molecule has 0 saturated carbocycles. The lowest BCUT2D eigenvalue weighted by Gasteiger charge is -1.94. The number of aromatic nitrogens is 1. The van der Waals surface area contributed by atoms with Crippen molar-refractivity contribution in [1.29, 1.82) is 0 Å². The summed E-state index contributed by atoms with van der Waals surface area (Å²) in [5.74, 6) is 0.518. The number of halogens is 1. The highest BCUT2D eigenvalue weighted by molar-refractivity contribution is 5.79. The zero-order chi connectivity index (χ0) is 10.8. The Morgan fingerprint density at radius 2 is 2.27 bits per heavy atom. The normalized spacial score (nSPS) is 10.3. The minimum atomic E-state index is -0.544. The maximum atomic E-state index is 12.6. The Bertz CT molecular complexity index is 488. The molecule has 0 radical (unpaired) electrons. The number of hydrogen-bond donors (Lipinski definition) is 0. The summed E-state index contributed by atoms with van der Waals surface area (Å²) in [6, 6.07) is 4.40. The lowest BCUT2D eigenvalue weighted by atomic mass is 10.2. The van der Waals surface area contributed by atoms with Gasteiger partial charge in [-0.15, -0.1) is 0 Å². The minimum Gasteiger partial charge on any atom is -0.461 e. The van der Waals surface area contributed by atoms with Gasteiger partial charge in [-0.05, 0) is 25.1 Å². The number of nitrogens with zero attached hydrogens (tertiary/aromatic N) is 1. The average Bonchev–Trinajstić information content (AvgIpc) is 2.61. The van der Waals surface area contributed by atoms with Gasteiger partial charge in [-0.2, -0.15) is 4.39 Å². The fourth-order valence-electron chi connectivity index (χ4n) is 1.28. The fourth-order valence-corrected chi connectivity index (χ4v) is 1.28. The Balaban J connectivity index is 2.45. The predicted octanol–water partition coefficient (Wildman–Crippen LogP) is 2.60. The van der Waals surface area contributed by atoms with Crippen LogP contribution < -0.4 is 0 Å². The quantitative estimate of drug-likeness (QED) is 0.559. The molecule has 3 nitrogen and oxygen atoms in total. The smallest absolute Gasteiger partial charge is 0.212 e. The molecule has 0 bridgehead atoms. The van der Waals surface area contributed by atoms with Crippen LogP contribution in [0.5, 0.6) is 0 Å². The van der Waals surface area contributed by atoms with Crippen molar-refractivity contribution >= 4 is 6.29 Å². The summed E-state index contributed by atoms with van der Waals surface area (Å²) in [5.41, 5.74) is 1.14. The van der Waals surface area contributed by atoms with E-state index in [0.29, 0.717) is 22.6 Å². The van der Waals surface area contributed by atoms with E-state index in [1.54, 1.807) is 19.1 Å². The zero-order valence-corrected chi connectivity index (χ0v) is 8.03. The van der Waals surface area contributed by atoms with E-state index < -0.39 is 5.95 Å². The topological polar surface area (TPSA) is 43.1 Å². The molecule has 2 heterocycles. The van der Waals surface area contributed by atoms with Gasteiger partial charge in [-0.25, -0.2) is 4.98 Å². The minimum absolute atomic E-state index is 0.495. The van der Waals surface area contributed by atoms with Gasteiger partial charge in [0.25, 0.3) is 0 Å². The third-order valence-corrected chi connectivity index (χ3v) is 2.10. The summed E-state index contributed by atoms with van der Waals surface area (Å²) in [6.45, 7) is 1.70. The van der Waals surface area contributed by atoms with Crippen LogP contribution in [-0.4, -0.2) is 11.3 Å². The molecule has 15 heavy (non-hydrogen) atoms. The highest BCUT2D eigenvalue weighted by Gasteiger charge is 2.08. The molecule has 0 aliphatic heterocycles. The molecule has 0 N–H and O–H groups in total. The molecule has 0 saturated heterocycles. The summed E-state index contributed by atoms with van der Waals surface area (Å²) in [7, 11) is 0. The Labute approximate surface area is 85.6 Å². The van der Waals surface area contributed by atoms with E-state index in [2.05, 4.69) is 4.98 Å². The van der Waals surface area contributed by atoms with Crippen molar-refractivity contribution in [2.45, 2.75) is 6.92 Å². The van der Waals surface area contributed by atoms with Gasteiger partial charge in [-0.1, -0.05) is 0 Å². The van der Waals surface area contributed by atoms with E-state index in [0.717, 1.165) is 6.29 Å². The molecule has 0 spiro atoms. The van der Waals surface area contributed by atoms with E-state index in [-0.39, 0.29) is 0 Å². The molecule has 2 rings (SSSR count). The second-order valence-corrected chi connectivity index (χ2v) is 3.11. The van der Waals surface area contributed by atoms with Crippen LogP contribution in [0, 0.1) is 12.9 Å². The highest BCUT2D eigenvalue weighted by Crippen LogP contribution is 2.23. The first-order chi connectivity index (χ1) is 7.20. The van der Waals surface area contributed by atoms with E-state index in [1.807, 2.05) is 0 Å². The third kappa shape index (κ3) is 1.79. The molecule has 0 aliphatic carbocycles. The second kappa shape index (κ2) is 3.65. The van der Waals surface area contributed by atoms with Crippen LogP contribution in [0.2, 0.25) is 0 Å². The van der Waals surface area contributed by atoms with Crippen LogP contribution >= 0.6 is 0 Å². The molecule has 0 aromatic carbocycles. The predicted molar refractivity (Wildman–Crippen MR) is 52.0 cm³/mol. The van der Waals surface area contributed by atoms with Gasteiger partial charge in [0.2, 0.25) is 5.95 Å². The van der Waals surface area contributed by atoms with E-state index in [4.69, 9.17) is 4.42 Å². The number of rotatable bonds is 2. The SMILES string of the molecule is Cc1oc(-c2ccc(F)nc2)cc1C=O. The van der Waals surface area contributed by atoms with E-state index in [1.165, 1.54) is 12.3 Å². The number of carbonyl (C=O) groups excluding carboxylic acids is 1. The summed E-state index contributed by atoms with van der Waals surface area (Å²) < 4.78 is 17.9. The molecule has 0 aliphatic rings. The number of furan rings is 1. The lowest BCUT2D eigenvalue weighted by molar-refractivity contribution is 0.112. The largest absolute Gasteiger partial charge is 0.461 e. The van der Waals surface area contributed by atoms with Gasteiger partial charge in [-0.3, -0.25) is 4.79 Å². The molecule has 0 unspecified atom stereocenters. The lowest BCUT2D eigenvalue weighted by Crippen LogP contribution is -1.81. The first-order valence-corrected chi connectivity index (χ1v) is 4.38. The first-order valence-electron chi connectivity index (χ1n) is 4.38. The van der Waals surface area contributed by atoms with Gasteiger partial charge >= 0.3 is 0 Å². The molecule has 2 aromatic rings. The van der Waals surface area contributed by atoms with Crippen molar-refractivity contribution in [3.63, 3.8) is 0 Å². The van der Waals surface area contributed by atoms with Gasteiger partial charge in [0.05, 0.1) is 5.56 Å². The Hall–Kier alpha value is -1.97. The molecule has 0 atom stereocenters. The van der Waals surface area contributed by atoms with Crippen LogP contribution in [0.25, 0.3) is 11.3 Å². The second-order valence-electron chi connectivity index (χ2n) is 3.11. The molecule has 2 aromatic heterocycles. The monoisotopic (exact) mass is 205 g/mol. The number of hydrogen-bond acceptors (Lipinski definition) is 3. The van der Waals surface area contributed by atoms with Crippen molar-refractivity contribution < 1.29 is 13.6 Å². The Morgan fingerprint density at radius 1 is 1.47 bits per heavy atom. The zero-order valence-electron chi connectivity index (χ0n) is 8.03. The highest BCUT2D eigenvalue weighted by atomic mass is 19.1. The molecular formula is C11H8FNO2. The summed E-state index contributed by atoms with van der Waals surface area (Å²) in [4.78, 5) is 14.1. The van der Waals surface area contributed by atoms with Crippen molar-refractivity contribution in [2.75, 3.05) is 0 Å². The van der Waals surface area contributed by atoms with E-state index >= 15 is 0 Å². The maximum Gasteiger partial charge on any atom is 0.212 e. The first kappa shape index (κ1) is 9.58. The Kier molecular flexibility index (Phi) is 2.33. The number of pyridine rings is 1. The van der Waals surface area contributed by atoms with Crippen molar-refractivity contribution in [1.82, 2.24) is 4.98 Å². The van der Waals surface area contributed by atoms with Crippen LogP contribution in [0.3, 0.4) is 0 Å². The maximum absolute atomic E-state index is 12.6. The van der Waals surface area contributed by atoms with Crippen LogP contribution in [0.15, 0.2) is 28.8 Å². The number of aryl methyl sites for hydroxylation is 1. The average molecular weight is 205 g/mol. The van der Waals surface area contributed by atoms with Crippen molar-refractivity contribution in [2.24, 2.45) is 0 Å². The van der Waals surface area contributed by atoms with Gasteiger partial charge in [0.1, 0.15) is 11.5 Å². The van der Waals surface area contributed by atoms with Crippen LogP contribution in [0.1, 0.15) is 16.1 Å². The van der Waals surface area contributed by atoms with Crippen molar-refractivity contribution in [3.8, 4) is 11.3 Å². The van der Waals surface area contributed by atoms with Crippen LogP contribution in [0.4, 0.5) is 4.39 Å². The number of carbonyl (C=O) groups is 1. The van der Waals surface area contributed by atoms with Gasteiger partial charge < -0.3 is 4.42 Å². The van der Waals surface area contributed by atoms with Gasteiger partial charge in [0, 0.05) is 11.8 Å². The van der Waals surface area contributed by atoms with Crippen LogP contribution in [-0.2, 0) is 0 Å².